The van der Waals surface area contributed by atoms with E-state index >= 15 is 0 Å². The van der Waals surface area contributed by atoms with Crippen molar-refractivity contribution in [1.29, 1.82) is 0 Å². The predicted molar refractivity (Wildman–Crippen MR) is 62.2 cm³/mol. The molecule has 1 aliphatic heterocycles. The molecule has 1 aromatic carbocycles. The van der Waals surface area contributed by atoms with Gasteiger partial charge >= 0.3 is 0 Å². The zero-order valence-corrected chi connectivity index (χ0v) is 9.36. The van der Waals surface area contributed by atoms with E-state index in [0.717, 1.165) is 24.8 Å². The maximum Gasteiger partial charge on any atom is 0.119 e. The van der Waals surface area contributed by atoms with Crippen LogP contribution in [0, 0.1) is 5.92 Å². The molecule has 1 aromatic rings. The highest BCUT2D eigenvalue weighted by Crippen LogP contribution is 2.14. The van der Waals surface area contributed by atoms with E-state index in [1.165, 1.54) is 19.5 Å². The molecular weight excluding hydrogens is 186 g/mol. The number of rotatable bonds is 4. The van der Waals surface area contributed by atoms with Crippen molar-refractivity contribution in [3.8, 4) is 5.75 Å². The van der Waals surface area contributed by atoms with Crippen LogP contribution in [0.25, 0.3) is 0 Å². The molecule has 1 unspecified atom stereocenters. The Labute approximate surface area is 91.9 Å². The van der Waals surface area contributed by atoms with E-state index in [0.29, 0.717) is 0 Å². The zero-order valence-electron chi connectivity index (χ0n) is 9.36. The van der Waals surface area contributed by atoms with E-state index < -0.39 is 0 Å². The van der Waals surface area contributed by atoms with Crippen molar-refractivity contribution in [1.82, 2.24) is 4.90 Å². The van der Waals surface area contributed by atoms with Crippen molar-refractivity contribution >= 4 is 0 Å². The third kappa shape index (κ3) is 3.24. The van der Waals surface area contributed by atoms with Crippen molar-refractivity contribution < 1.29 is 4.74 Å². The third-order valence-corrected chi connectivity index (χ3v) is 2.93. The van der Waals surface area contributed by atoms with Gasteiger partial charge in [0.05, 0.1) is 0 Å². The maximum absolute atomic E-state index is 5.66. The Morgan fingerprint density at radius 2 is 2.13 bits per heavy atom. The van der Waals surface area contributed by atoms with E-state index in [1.807, 2.05) is 30.3 Å². The number of likely N-dealkylation sites (tertiary alicyclic amines) is 1. The quantitative estimate of drug-likeness (QED) is 0.748. The molecule has 0 amide bonds. The summed E-state index contributed by atoms with van der Waals surface area (Å²) in [5.41, 5.74) is 0. The Morgan fingerprint density at radius 1 is 1.33 bits per heavy atom. The number of hydrogen-bond donors (Lipinski definition) is 0. The van der Waals surface area contributed by atoms with E-state index in [2.05, 4.69) is 11.8 Å². The van der Waals surface area contributed by atoms with Gasteiger partial charge in [-0.2, -0.15) is 0 Å². The highest BCUT2D eigenvalue weighted by atomic mass is 16.5. The van der Waals surface area contributed by atoms with Crippen LogP contribution in [0.5, 0.6) is 5.75 Å². The molecule has 0 radical (unpaired) electrons. The first kappa shape index (κ1) is 10.5. The molecule has 0 N–H and O–H groups in total. The molecule has 1 fully saturated rings. The minimum absolute atomic E-state index is 0.802. The second-order valence-electron chi connectivity index (χ2n) is 4.36. The molecule has 0 aromatic heterocycles. The van der Waals surface area contributed by atoms with Crippen LogP contribution >= 0.6 is 0 Å². The summed E-state index contributed by atoms with van der Waals surface area (Å²) in [6, 6.07) is 10.0. The van der Waals surface area contributed by atoms with Gasteiger partial charge in [0, 0.05) is 13.1 Å². The van der Waals surface area contributed by atoms with Gasteiger partial charge in [0.2, 0.25) is 0 Å². The van der Waals surface area contributed by atoms with Gasteiger partial charge in [0.1, 0.15) is 12.4 Å². The average molecular weight is 205 g/mol. The van der Waals surface area contributed by atoms with Crippen LogP contribution in [-0.2, 0) is 0 Å². The Kier molecular flexibility index (Phi) is 3.62. The monoisotopic (exact) mass is 205 g/mol. The molecule has 15 heavy (non-hydrogen) atoms. The van der Waals surface area contributed by atoms with E-state index in [4.69, 9.17) is 4.74 Å². The summed E-state index contributed by atoms with van der Waals surface area (Å²) in [4.78, 5) is 2.48. The number of ether oxygens (including phenoxy) is 1. The van der Waals surface area contributed by atoms with Gasteiger partial charge in [-0.1, -0.05) is 25.1 Å². The molecule has 2 heteroatoms. The van der Waals surface area contributed by atoms with Gasteiger partial charge in [0.15, 0.2) is 0 Å². The van der Waals surface area contributed by atoms with Crippen molar-refractivity contribution in [2.45, 2.75) is 13.3 Å². The van der Waals surface area contributed by atoms with Crippen LogP contribution in [0.4, 0.5) is 0 Å². The van der Waals surface area contributed by atoms with Crippen LogP contribution in [-0.4, -0.2) is 31.1 Å². The van der Waals surface area contributed by atoms with E-state index in [-0.39, 0.29) is 0 Å². The molecule has 1 heterocycles. The highest BCUT2D eigenvalue weighted by Gasteiger charge is 2.17. The van der Waals surface area contributed by atoms with Crippen molar-refractivity contribution in [2.75, 3.05) is 26.2 Å². The molecule has 0 saturated carbocycles. The second-order valence-corrected chi connectivity index (χ2v) is 4.36. The minimum atomic E-state index is 0.802. The minimum Gasteiger partial charge on any atom is -0.492 e. The molecule has 0 bridgehead atoms. The predicted octanol–water partition coefficient (Wildman–Crippen LogP) is 2.41. The molecule has 1 atom stereocenters. The van der Waals surface area contributed by atoms with E-state index in [1.54, 1.807) is 0 Å². The average Bonchev–Trinajstić information content (AvgIpc) is 2.66. The molecule has 1 saturated heterocycles. The molecule has 2 rings (SSSR count). The van der Waals surface area contributed by atoms with Crippen LogP contribution in [0.2, 0.25) is 0 Å². The number of benzene rings is 1. The lowest BCUT2D eigenvalue weighted by atomic mass is 10.2. The third-order valence-electron chi connectivity index (χ3n) is 2.93. The van der Waals surface area contributed by atoms with Crippen molar-refractivity contribution in [3.05, 3.63) is 30.3 Å². The van der Waals surface area contributed by atoms with Crippen LogP contribution in [0.1, 0.15) is 13.3 Å². The van der Waals surface area contributed by atoms with Crippen LogP contribution in [0.15, 0.2) is 30.3 Å². The Balaban J connectivity index is 1.67. The summed E-state index contributed by atoms with van der Waals surface area (Å²) in [5.74, 6) is 1.84. The lowest BCUT2D eigenvalue weighted by Crippen LogP contribution is -2.25. The van der Waals surface area contributed by atoms with Crippen molar-refractivity contribution in [2.24, 2.45) is 5.92 Å². The zero-order chi connectivity index (χ0) is 10.5. The first-order chi connectivity index (χ1) is 7.34. The first-order valence-electron chi connectivity index (χ1n) is 5.75. The topological polar surface area (TPSA) is 12.5 Å². The summed E-state index contributed by atoms with van der Waals surface area (Å²) in [5, 5.41) is 0. The number of para-hydroxylation sites is 1. The molecule has 0 aliphatic carbocycles. The van der Waals surface area contributed by atoms with Gasteiger partial charge in [-0.3, -0.25) is 4.90 Å². The lowest BCUT2D eigenvalue weighted by molar-refractivity contribution is 0.234. The van der Waals surface area contributed by atoms with Gasteiger partial charge in [-0.15, -0.1) is 0 Å². The van der Waals surface area contributed by atoms with Gasteiger partial charge < -0.3 is 4.74 Å². The summed E-state index contributed by atoms with van der Waals surface area (Å²) in [6.07, 6.45) is 1.34. The highest BCUT2D eigenvalue weighted by molar-refractivity contribution is 5.20. The van der Waals surface area contributed by atoms with Crippen LogP contribution < -0.4 is 4.74 Å². The smallest absolute Gasteiger partial charge is 0.119 e. The second kappa shape index (κ2) is 5.17. The summed E-state index contributed by atoms with van der Waals surface area (Å²) < 4.78 is 5.66. The fraction of sp³-hybridized carbons (Fsp3) is 0.538. The molecular formula is C13H19NO. The Morgan fingerprint density at radius 3 is 2.80 bits per heavy atom. The number of hydrogen-bond acceptors (Lipinski definition) is 2. The van der Waals surface area contributed by atoms with Crippen LogP contribution in [0.3, 0.4) is 0 Å². The first-order valence-corrected chi connectivity index (χ1v) is 5.75. The maximum atomic E-state index is 5.66. The van der Waals surface area contributed by atoms with Gasteiger partial charge in [0.25, 0.3) is 0 Å². The number of nitrogens with zero attached hydrogens (tertiary/aromatic N) is 1. The fourth-order valence-electron chi connectivity index (χ4n) is 2.04. The molecule has 2 nitrogen and oxygen atoms in total. The normalized spacial score (nSPS) is 21.8. The fourth-order valence-corrected chi connectivity index (χ4v) is 2.04. The van der Waals surface area contributed by atoms with Gasteiger partial charge in [-0.25, -0.2) is 0 Å². The van der Waals surface area contributed by atoms with Crippen molar-refractivity contribution in [3.63, 3.8) is 0 Å². The molecule has 0 spiro atoms. The lowest BCUT2D eigenvalue weighted by Gasteiger charge is -2.15. The largest absolute Gasteiger partial charge is 0.492 e. The van der Waals surface area contributed by atoms with Gasteiger partial charge in [-0.05, 0) is 31.0 Å². The Hall–Kier alpha value is -1.02. The standard InChI is InChI=1S/C13H19NO/c1-12-7-8-14(11-12)9-10-15-13-5-3-2-4-6-13/h2-6,12H,7-11H2,1H3. The summed E-state index contributed by atoms with van der Waals surface area (Å²) in [6.45, 7) is 6.64. The Bertz CT molecular complexity index is 286. The SMILES string of the molecule is CC1CCN(CCOc2ccccc2)C1. The summed E-state index contributed by atoms with van der Waals surface area (Å²) in [7, 11) is 0. The molecule has 1 aliphatic rings. The summed E-state index contributed by atoms with van der Waals surface area (Å²) >= 11 is 0. The van der Waals surface area contributed by atoms with E-state index in [9.17, 15) is 0 Å². The molecule has 82 valence electrons.